The van der Waals surface area contributed by atoms with Crippen LogP contribution in [0, 0.1) is 11.3 Å². The molecule has 0 aromatic heterocycles. The Labute approximate surface area is 154 Å². The van der Waals surface area contributed by atoms with Crippen LogP contribution in [-0.2, 0) is 0 Å². The smallest absolute Gasteiger partial charge is 0.508 e. The van der Waals surface area contributed by atoms with Crippen LogP contribution >= 0.6 is 0 Å². The molecule has 1 heterocycles. The Bertz CT molecular complexity index is 826. The van der Waals surface area contributed by atoms with Crippen LogP contribution in [0.3, 0.4) is 0 Å². The highest BCUT2D eigenvalue weighted by atomic mass is 19.4. The molecule has 0 radical (unpaired) electrons. The Kier molecular flexibility index (Phi) is 5.54. The van der Waals surface area contributed by atoms with Crippen LogP contribution in [0.15, 0.2) is 42.5 Å². The van der Waals surface area contributed by atoms with E-state index in [0.29, 0.717) is 29.8 Å². The Morgan fingerprint density at radius 3 is 2.37 bits per heavy atom. The summed E-state index contributed by atoms with van der Waals surface area (Å²) in [7, 11) is 0. The normalized spacial score (nSPS) is 16.5. The molecule has 5 nitrogen and oxygen atoms in total. The van der Waals surface area contributed by atoms with E-state index in [1.165, 1.54) is 24.3 Å². The summed E-state index contributed by atoms with van der Waals surface area (Å²) in [6.45, 7) is 2.90. The number of aromatic hydroxyl groups is 1. The molecule has 0 aliphatic carbocycles. The lowest BCUT2D eigenvalue weighted by molar-refractivity contribution is -0.274. The number of hydrogen-bond donors (Lipinski definition) is 2. The minimum atomic E-state index is -4.75. The molecule has 1 aliphatic rings. The van der Waals surface area contributed by atoms with Gasteiger partial charge in [-0.1, -0.05) is 12.1 Å². The second-order valence-corrected chi connectivity index (χ2v) is 6.19. The van der Waals surface area contributed by atoms with E-state index in [4.69, 9.17) is 0 Å². The van der Waals surface area contributed by atoms with Gasteiger partial charge in [-0.3, -0.25) is 4.90 Å². The van der Waals surface area contributed by atoms with Crippen LogP contribution in [0.5, 0.6) is 11.5 Å². The first-order valence-electron chi connectivity index (χ1n) is 8.41. The summed E-state index contributed by atoms with van der Waals surface area (Å²) in [5, 5.41) is 22.8. The van der Waals surface area contributed by atoms with Crippen molar-refractivity contribution in [2.45, 2.75) is 12.4 Å². The van der Waals surface area contributed by atoms with Crippen molar-refractivity contribution in [3.8, 4) is 17.6 Å². The summed E-state index contributed by atoms with van der Waals surface area (Å²) in [5.74, 6) is -0.270. The standard InChI is InChI=1S/C19H18F3N3O2/c20-19(21,22)27-15-4-2-14(3-5-15)18(25-9-7-24-8-10-25)16-11-13(12-23)1-6-17(16)26/h1-6,11,18,24,26H,7-10H2/t18-/m0/s1. The lowest BCUT2D eigenvalue weighted by Crippen LogP contribution is -2.45. The number of ether oxygens (including phenoxy) is 1. The average Bonchev–Trinajstić information content (AvgIpc) is 2.64. The molecule has 0 amide bonds. The van der Waals surface area contributed by atoms with Gasteiger partial charge in [-0.15, -0.1) is 13.2 Å². The second-order valence-electron chi connectivity index (χ2n) is 6.19. The van der Waals surface area contributed by atoms with Crippen molar-refractivity contribution in [3.05, 3.63) is 59.2 Å². The van der Waals surface area contributed by atoms with Gasteiger partial charge in [0.25, 0.3) is 0 Å². The van der Waals surface area contributed by atoms with Gasteiger partial charge >= 0.3 is 6.36 Å². The first-order valence-corrected chi connectivity index (χ1v) is 8.41. The number of nitrogens with one attached hydrogen (secondary N) is 1. The fourth-order valence-electron chi connectivity index (χ4n) is 3.22. The van der Waals surface area contributed by atoms with E-state index >= 15 is 0 Å². The van der Waals surface area contributed by atoms with Gasteiger partial charge in [-0.05, 0) is 35.9 Å². The van der Waals surface area contributed by atoms with Gasteiger partial charge in [0.2, 0.25) is 0 Å². The van der Waals surface area contributed by atoms with Gasteiger partial charge in [0.15, 0.2) is 0 Å². The van der Waals surface area contributed by atoms with E-state index in [0.717, 1.165) is 13.1 Å². The number of nitrogens with zero attached hydrogens (tertiary/aromatic N) is 2. The lowest BCUT2D eigenvalue weighted by Gasteiger charge is -2.36. The van der Waals surface area contributed by atoms with Crippen molar-refractivity contribution < 1.29 is 23.0 Å². The largest absolute Gasteiger partial charge is 0.573 e. The SMILES string of the molecule is N#Cc1ccc(O)c([C@H](c2ccc(OC(F)(F)F)cc2)N2CCNCC2)c1. The van der Waals surface area contributed by atoms with E-state index in [1.807, 2.05) is 0 Å². The molecule has 142 valence electrons. The van der Waals surface area contributed by atoms with Crippen molar-refractivity contribution in [1.82, 2.24) is 10.2 Å². The van der Waals surface area contributed by atoms with Gasteiger partial charge in [-0.25, -0.2) is 0 Å². The summed E-state index contributed by atoms with van der Waals surface area (Å²) in [6.07, 6.45) is -4.75. The van der Waals surface area contributed by atoms with Gasteiger partial charge < -0.3 is 15.2 Å². The second kappa shape index (κ2) is 7.86. The van der Waals surface area contributed by atoms with Crippen LogP contribution in [0.4, 0.5) is 13.2 Å². The van der Waals surface area contributed by atoms with Crippen LogP contribution in [0.2, 0.25) is 0 Å². The lowest BCUT2D eigenvalue weighted by atomic mass is 9.94. The minimum absolute atomic E-state index is 0.0353. The van der Waals surface area contributed by atoms with Crippen LogP contribution in [-0.4, -0.2) is 42.5 Å². The number of halogens is 3. The number of alkyl halides is 3. The summed E-state index contributed by atoms with van der Waals surface area (Å²) in [4.78, 5) is 2.12. The zero-order chi connectivity index (χ0) is 19.4. The Morgan fingerprint density at radius 1 is 1.11 bits per heavy atom. The molecule has 2 N–H and O–H groups in total. The highest BCUT2D eigenvalue weighted by molar-refractivity contribution is 5.47. The first-order chi connectivity index (χ1) is 12.9. The molecular formula is C19H18F3N3O2. The molecule has 2 aromatic rings. The van der Waals surface area contributed by atoms with E-state index in [1.54, 1.807) is 18.2 Å². The molecule has 1 aliphatic heterocycles. The predicted octanol–water partition coefficient (Wildman–Crippen LogP) is 3.16. The summed E-state index contributed by atoms with van der Waals surface area (Å²) in [6, 6.07) is 11.9. The summed E-state index contributed by atoms with van der Waals surface area (Å²) in [5.41, 5.74) is 1.65. The Balaban J connectivity index is 1.99. The van der Waals surface area contributed by atoms with Crippen LogP contribution in [0.25, 0.3) is 0 Å². The number of phenols is 1. The molecule has 27 heavy (non-hydrogen) atoms. The average molecular weight is 377 g/mol. The zero-order valence-electron chi connectivity index (χ0n) is 14.3. The molecule has 0 spiro atoms. The van der Waals surface area contributed by atoms with Gasteiger partial charge in [0, 0.05) is 31.7 Å². The van der Waals surface area contributed by atoms with Gasteiger partial charge in [0.1, 0.15) is 11.5 Å². The van der Waals surface area contributed by atoms with Crippen molar-refractivity contribution in [2.75, 3.05) is 26.2 Å². The summed E-state index contributed by atoms with van der Waals surface area (Å²) < 4.78 is 41.1. The molecule has 1 fully saturated rings. The third-order valence-electron chi connectivity index (χ3n) is 4.40. The predicted molar refractivity (Wildman–Crippen MR) is 92.2 cm³/mol. The summed E-state index contributed by atoms with van der Waals surface area (Å²) >= 11 is 0. The number of rotatable bonds is 4. The van der Waals surface area contributed by atoms with Crippen molar-refractivity contribution in [1.29, 1.82) is 5.26 Å². The first kappa shape index (κ1) is 19.0. The van der Waals surface area contributed by atoms with Gasteiger partial charge in [0.05, 0.1) is 17.7 Å². The topological polar surface area (TPSA) is 68.5 Å². The highest BCUT2D eigenvalue weighted by Crippen LogP contribution is 2.36. The molecule has 0 unspecified atom stereocenters. The zero-order valence-corrected chi connectivity index (χ0v) is 14.3. The molecule has 1 saturated heterocycles. The maximum atomic E-state index is 12.4. The fourth-order valence-corrected chi connectivity index (χ4v) is 3.22. The molecule has 0 saturated carbocycles. The third kappa shape index (κ3) is 4.70. The molecule has 1 atom stereocenters. The number of nitriles is 1. The fraction of sp³-hybridized carbons (Fsp3) is 0.316. The van der Waals surface area contributed by atoms with E-state index in [2.05, 4.69) is 21.0 Å². The molecular weight excluding hydrogens is 359 g/mol. The number of phenolic OH excluding ortho intramolecular Hbond substituents is 1. The highest BCUT2D eigenvalue weighted by Gasteiger charge is 2.31. The Morgan fingerprint density at radius 2 is 1.78 bits per heavy atom. The van der Waals surface area contributed by atoms with Crippen LogP contribution < -0.4 is 10.1 Å². The monoisotopic (exact) mass is 377 g/mol. The van der Waals surface area contributed by atoms with E-state index in [-0.39, 0.29) is 17.5 Å². The molecule has 8 heteroatoms. The molecule has 0 bridgehead atoms. The van der Waals surface area contributed by atoms with E-state index < -0.39 is 6.36 Å². The maximum Gasteiger partial charge on any atom is 0.573 e. The van der Waals surface area contributed by atoms with Crippen molar-refractivity contribution in [2.24, 2.45) is 0 Å². The minimum Gasteiger partial charge on any atom is -0.508 e. The Hall–Kier alpha value is -2.76. The van der Waals surface area contributed by atoms with E-state index in [9.17, 15) is 23.5 Å². The van der Waals surface area contributed by atoms with Crippen LogP contribution in [0.1, 0.15) is 22.7 Å². The van der Waals surface area contributed by atoms with Gasteiger partial charge in [-0.2, -0.15) is 5.26 Å². The number of benzene rings is 2. The maximum absolute atomic E-state index is 12.4. The molecule has 3 rings (SSSR count). The third-order valence-corrected chi connectivity index (χ3v) is 4.40. The number of hydrogen-bond acceptors (Lipinski definition) is 5. The van der Waals surface area contributed by atoms with Crippen molar-refractivity contribution in [3.63, 3.8) is 0 Å². The quantitative estimate of drug-likeness (QED) is 0.857. The van der Waals surface area contributed by atoms with Crippen molar-refractivity contribution >= 4 is 0 Å². The number of piperazine rings is 1. The molecule has 2 aromatic carbocycles.